The second-order valence-electron chi connectivity index (χ2n) is 5.83. The van der Waals surface area contributed by atoms with Crippen LogP contribution in [0, 0.1) is 11.8 Å². The van der Waals surface area contributed by atoms with E-state index in [1.807, 2.05) is 12.1 Å². The highest BCUT2D eigenvalue weighted by Gasteiger charge is 2.49. The van der Waals surface area contributed by atoms with Crippen LogP contribution < -0.4 is 15.0 Å². The third kappa shape index (κ3) is 1.67. The van der Waals surface area contributed by atoms with Gasteiger partial charge in [0, 0.05) is 31.2 Å². The summed E-state index contributed by atoms with van der Waals surface area (Å²) in [6.07, 6.45) is 0. The number of nitrogens with zero attached hydrogens (tertiary/aromatic N) is 2. The molecule has 1 aromatic rings. The molecule has 2 unspecified atom stereocenters. The van der Waals surface area contributed by atoms with Gasteiger partial charge in [-0.2, -0.15) is 4.98 Å². The number of hydrogen-bond acceptors (Lipinski definition) is 4. The molecule has 0 amide bonds. The zero-order chi connectivity index (χ0) is 12.8. The van der Waals surface area contributed by atoms with Crippen molar-refractivity contribution in [3.63, 3.8) is 0 Å². The summed E-state index contributed by atoms with van der Waals surface area (Å²) in [5.74, 6) is 3.19. The van der Waals surface area contributed by atoms with Crippen LogP contribution in [0.25, 0.3) is 0 Å². The second kappa shape index (κ2) is 4.12. The van der Waals surface area contributed by atoms with Gasteiger partial charge in [-0.1, -0.05) is 6.07 Å². The van der Waals surface area contributed by atoms with E-state index in [4.69, 9.17) is 4.74 Å². The molecule has 2 fully saturated rings. The number of fused-ring (bicyclic) bond motifs is 1. The van der Waals surface area contributed by atoms with Gasteiger partial charge in [-0.3, -0.25) is 0 Å². The fraction of sp³-hybridized carbons (Fsp3) is 0.643. The van der Waals surface area contributed by atoms with Crippen LogP contribution in [0.2, 0.25) is 0 Å². The minimum Gasteiger partial charge on any atom is -0.481 e. The zero-order valence-corrected chi connectivity index (χ0v) is 11.3. The van der Waals surface area contributed by atoms with Crippen LogP contribution in [-0.2, 0) is 0 Å². The van der Waals surface area contributed by atoms with Crippen molar-refractivity contribution >= 4 is 5.82 Å². The molecule has 2 aliphatic rings. The van der Waals surface area contributed by atoms with Crippen LogP contribution in [0.1, 0.15) is 13.8 Å². The first-order valence-electron chi connectivity index (χ1n) is 6.62. The van der Waals surface area contributed by atoms with Crippen LogP contribution in [0.3, 0.4) is 0 Å². The molecule has 4 nitrogen and oxygen atoms in total. The molecular weight excluding hydrogens is 226 g/mol. The van der Waals surface area contributed by atoms with Crippen molar-refractivity contribution in [2.45, 2.75) is 19.4 Å². The number of rotatable bonds is 2. The number of hydrogen-bond donors (Lipinski definition) is 1. The van der Waals surface area contributed by atoms with E-state index in [-0.39, 0.29) is 5.54 Å². The molecule has 0 bridgehead atoms. The lowest BCUT2D eigenvalue weighted by Crippen LogP contribution is -2.45. The van der Waals surface area contributed by atoms with E-state index in [1.165, 1.54) is 0 Å². The Morgan fingerprint density at radius 2 is 2.22 bits per heavy atom. The number of pyridine rings is 1. The normalized spacial score (nSPS) is 29.4. The molecule has 4 heteroatoms. The molecular formula is C14H21N3O. The number of aromatic nitrogens is 1. The fourth-order valence-electron chi connectivity index (χ4n) is 3.48. The molecule has 0 radical (unpaired) electrons. The van der Waals surface area contributed by atoms with E-state index in [2.05, 4.69) is 35.1 Å². The zero-order valence-electron chi connectivity index (χ0n) is 11.3. The van der Waals surface area contributed by atoms with Crippen LogP contribution in [-0.4, -0.2) is 37.3 Å². The van der Waals surface area contributed by atoms with Gasteiger partial charge in [0.05, 0.1) is 7.11 Å². The van der Waals surface area contributed by atoms with Crippen molar-refractivity contribution in [1.29, 1.82) is 0 Å². The lowest BCUT2D eigenvalue weighted by molar-refractivity contribution is 0.354. The molecule has 0 saturated carbocycles. The number of anilines is 1. The van der Waals surface area contributed by atoms with Crippen molar-refractivity contribution in [3.05, 3.63) is 18.2 Å². The minimum absolute atomic E-state index is 0.160. The van der Waals surface area contributed by atoms with Gasteiger partial charge in [-0.15, -0.1) is 0 Å². The maximum atomic E-state index is 5.23. The molecule has 98 valence electrons. The van der Waals surface area contributed by atoms with E-state index in [0.29, 0.717) is 11.8 Å². The lowest BCUT2D eigenvalue weighted by Gasteiger charge is -2.36. The van der Waals surface area contributed by atoms with E-state index in [1.54, 1.807) is 7.11 Å². The van der Waals surface area contributed by atoms with E-state index >= 15 is 0 Å². The molecule has 0 spiro atoms. The quantitative estimate of drug-likeness (QED) is 0.860. The predicted octanol–water partition coefficient (Wildman–Crippen LogP) is 1.52. The first-order valence-corrected chi connectivity index (χ1v) is 6.62. The first-order chi connectivity index (χ1) is 8.63. The molecule has 2 aliphatic heterocycles. The Morgan fingerprint density at radius 3 is 2.94 bits per heavy atom. The minimum atomic E-state index is 0.160. The summed E-state index contributed by atoms with van der Waals surface area (Å²) in [5, 5.41) is 3.50. The molecule has 0 aliphatic carbocycles. The van der Waals surface area contributed by atoms with Gasteiger partial charge in [-0.05, 0) is 31.7 Å². The maximum absolute atomic E-state index is 5.23. The van der Waals surface area contributed by atoms with Crippen molar-refractivity contribution in [2.24, 2.45) is 11.8 Å². The standard InChI is InChI=1S/C14H21N3O/c1-14(2)11-8-15-7-10(11)9-17(14)12-5-4-6-13(16-12)18-3/h4-6,10-11,15H,7-9H2,1-3H3. The van der Waals surface area contributed by atoms with Crippen LogP contribution >= 0.6 is 0 Å². The summed E-state index contributed by atoms with van der Waals surface area (Å²) >= 11 is 0. The summed E-state index contributed by atoms with van der Waals surface area (Å²) in [6.45, 7) is 8.00. The third-order valence-corrected chi connectivity index (χ3v) is 4.55. The van der Waals surface area contributed by atoms with E-state index in [0.717, 1.165) is 31.4 Å². The van der Waals surface area contributed by atoms with Gasteiger partial charge in [0.25, 0.3) is 0 Å². The smallest absolute Gasteiger partial charge is 0.214 e. The van der Waals surface area contributed by atoms with Crippen LogP contribution in [0.15, 0.2) is 18.2 Å². The fourth-order valence-corrected chi connectivity index (χ4v) is 3.48. The maximum Gasteiger partial charge on any atom is 0.214 e. The summed E-state index contributed by atoms with van der Waals surface area (Å²) in [6, 6.07) is 6.00. The molecule has 2 atom stereocenters. The second-order valence-corrected chi connectivity index (χ2v) is 5.83. The summed E-state index contributed by atoms with van der Waals surface area (Å²) in [4.78, 5) is 7.02. The van der Waals surface area contributed by atoms with E-state index < -0.39 is 0 Å². The van der Waals surface area contributed by atoms with Gasteiger partial charge in [0.2, 0.25) is 5.88 Å². The van der Waals surface area contributed by atoms with E-state index in [9.17, 15) is 0 Å². The van der Waals surface area contributed by atoms with Crippen LogP contribution in [0.4, 0.5) is 5.82 Å². The van der Waals surface area contributed by atoms with Crippen molar-refractivity contribution in [2.75, 3.05) is 31.6 Å². The van der Waals surface area contributed by atoms with Crippen molar-refractivity contribution in [1.82, 2.24) is 10.3 Å². The van der Waals surface area contributed by atoms with Gasteiger partial charge in [0.1, 0.15) is 5.82 Å². The number of ether oxygens (including phenoxy) is 1. The Balaban J connectivity index is 1.92. The topological polar surface area (TPSA) is 37.4 Å². The highest BCUT2D eigenvalue weighted by Crippen LogP contribution is 2.42. The Hall–Kier alpha value is -1.29. The molecule has 18 heavy (non-hydrogen) atoms. The summed E-state index contributed by atoms with van der Waals surface area (Å²) in [5.41, 5.74) is 0.160. The third-order valence-electron chi connectivity index (χ3n) is 4.55. The molecule has 1 aromatic heterocycles. The summed E-state index contributed by atoms with van der Waals surface area (Å²) in [7, 11) is 1.67. The average Bonchev–Trinajstić information content (AvgIpc) is 2.92. The summed E-state index contributed by atoms with van der Waals surface area (Å²) < 4.78 is 5.23. The van der Waals surface area contributed by atoms with Gasteiger partial charge < -0.3 is 15.0 Å². The lowest BCUT2D eigenvalue weighted by atomic mass is 9.85. The monoisotopic (exact) mass is 247 g/mol. The van der Waals surface area contributed by atoms with Crippen LogP contribution in [0.5, 0.6) is 5.88 Å². The van der Waals surface area contributed by atoms with Crippen molar-refractivity contribution < 1.29 is 4.74 Å². The highest BCUT2D eigenvalue weighted by atomic mass is 16.5. The molecule has 1 N–H and O–H groups in total. The number of methoxy groups -OCH3 is 1. The van der Waals surface area contributed by atoms with Gasteiger partial charge in [-0.25, -0.2) is 0 Å². The molecule has 0 aromatic carbocycles. The Kier molecular flexibility index (Phi) is 2.70. The Bertz CT molecular complexity index is 446. The SMILES string of the molecule is COc1cccc(N2CC3CNCC3C2(C)C)n1. The average molecular weight is 247 g/mol. The van der Waals surface area contributed by atoms with Crippen molar-refractivity contribution in [3.8, 4) is 5.88 Å². The molecule has 2 saturated heterocycles. The van der Waals surface area contributed by atoms with Gasteiger partial charge >= 0.3 is 0 Å². The molecule has 3 rings (SSSR count). The Labute approximate surface area is 108 Å². The largest absolute Gasteiger partial charge is 0.481 e. The molecule has 3 heterocycles. The number of nitrogens with one attached hydrogen (secondary N) is 1. The van der Waals surface area contributed by atoms with Gasteiger partial charge in [0.15, 0.2) is 0 Å². The predicted molar refractivity (Wildman–Crippen MR) is 72.1 cm³/mol. The highest BCUT2D eigenvalue weighted by molar-refractivity contribution is 5.46. The first kappa shape index (κ1) is 11.8. The Morgan fingerprint density at radius 1 is 1.39 bits per heavy atom.